The molecular weight excluding hydrogens is 277 g/mol. The highest BCUT2D eigenvalue weighted by Crippen LogP contribution is 2.34. The minimum absolute atomic E-state index is 0.145. The lowest BCUT2D eigenvalue weighted by Crippen LogP contribution is -2.27. The average molecular weight is 288 g/mol. The molecule has 1 aliphatic heterocycles. The second kappa shape index (κ2) is 5.16. The summed E-state index contributed by atoms with van der Waals surface area (Å²) in [5, 5.41) is 0.0660. The van der Waals surface area contributed by atoms with Crippen LogP contribution in [-0.2, 0) is 9.53 Å². The Hall–Kier alpha value is -1.26. The molecule has 6 heteroatoms. The summed E-state index contributed by atoms with van der Waals surface area (Å²) in [7, 11) is 1.28. The van der Waals surface area contributed by atoms with Crippen LogP contribution in [0, 0.1) is 0 Å². The Morgan fingerprint density at radius 3 is 2.78 bits per heavy atom. The lowest BCUT2D eigenvalue weighted by atomic mass is 10.1. The van der Waals surface area contributed by atoms with Gasteiger partial charge < -0.3 is 9.64 Å². The molecule has 1 aromatic rings. The van der Waals surface area contributed by atoms with Crippen molar-refractivity contribution < 1.29 is 14.3 Å². The SMILES string of the molecule is COC(=O)c1cccc(Cl)c1N1CC(Cl)CC1=O. The largest absolute Gasteiger partial charge is 0.465 e. The molecule has 1 aromatic carbocycles. The summed E-state index contributed by atoms with van der Waals surface area (Å²) in [4.78, 5) is 24.9. The van der Waals surface area contributed by atoms with Gasteiger partial charge in [0, 0.05) is 13.0 Å². The van der Waals surface area contributed by atoms with Crippen LogP contribution in [0.2, 0.25) is 5.02 Å². The van der Waals surface area contributed by atoms with Gasteiger partial charge in [-0.05, 0) is 12.1 Å². The first-order valence-electron chi connectivity index (χ1n) is 5.36. The van der Waals surface area contributed by atoms with Gasteiger partial charge in [-0.15, -0.1) is 11.6 Å². The summed E-state index contributed by atoms with van der Waals surface area (Å²) in [6.07, 6.45) is 0.243. The number of esters is 1. The fourth-order valence-corrected chi connectivity index (χ4v) is 2.49. The Labute approximate surface area is 114 Å². The van der Waals surface area contributed by atoms with Crippen molar-refractivity contribution in [3.8, 4) is 0 Å². The van der Waals surface area contributed by atoms with E-state index in [0.29, 0.717) is 17.3 Å². The van der Waals surface area contributed by atoms with Gasteiger partial charge in [0.05, 0.1) is 28.8 Å². The van der Waals surface area contributed by atoms with E-state index >= 15 is 0 Å². The number of hydrogen-bond acceptors (Lipinski definition) is 3. The molecule has 1 amide bonds. The number of hydrogen-bond donors (Lipinski definition) is 0. The number of methoxy groups -OCH3 is 1. The van der Waals surface area contributed by atoms with Gasteiger partial charge in [-0.3, -0.25) is 4.79 Å². The van der Waals surface area contributed by atoms with E-state index in [0.717, 1.165) is 0 Å². The van der Waals surface area contributed by atoms with Gasteiger partial charge in [-0.25, -0.2) is 4.79 Å². The average Bonchev–Trinajstić information content (AvgIpc) is 2.67. The third-order valence-corrected chi connectivity index (χ3v) is 3.34. The van der Waals surface area contributed by atoms with Crippen LogP contribution in [0.25, 0.3) is 0 Å². The molecule has 1 heterocycles. The number of halogens is 2. The van der Waals surface area contributed by atoms with Crippen molar-refractivity contribution in [3.05, 3.63) is 28.8 Å². The molecule has 0 aromatic heterocycles. The van der Waals surface area contributed by atoms with Crippen LogP contribution in [0.15, 0.2) is 18.2 Å². The minimum atomic E-state index is -0.529. The van der Waals surface area contributed by atoms with Crippen molar-refractivity contribution in [3.63, 3.8) is 0 Å². The van der Waals surface area contributed by atoms with Crippen LogP contribution in [0.3, 0.4) is 0 Å². The lowest BCUT2D eigenvalue weighted by Gasteiger charge is -2.20. The predicted molar refractivity (Wildman–Crippen MR) is 69.4 cm³/mol. The van der Waals surface area contributed by atoms with Gasteiger partial charge in [0.1, 0.15) is 0 Å². The predicted octanol–water partition coefficient (Wildman–Crippen LogP) is 2.47. The molecule has 1 fully saturated rings. The Bertz CT molecular complexity index is 504. The molecule has 1 unspecified atom stereocenters. The van der Waals surface area contributed by atoms with Crippen molar-refractivity contribution in [2.24, 2.45) is 0 Å². The molecule has 2 rings (SSSR count). The quantitative estimate of drug-likeness (QED) is 0.620. The Kier molecular flexibility index (Phi) is 3.78. The molecule has 1 saturated heterocycles. The summed E-state index contributed by atoms with van der Waals surface area (Å²) in [6.45, 7) is 0.341. The van der Waals surface area contributed by atoms with Crippen molar-refractivity contribution in [1.82, 2.24) is 0 Å². The zero-order chi connectivity index (χ0) is 13.3. The zero-order valence-electron chi connectivity index (χ0n) is 9.65. The molecule has 18 heavy (non-hydrogen) atoms. The molecule has 0 saturated carbocycles. The van der Waals surface area contributed by atoms with Crippen molar-refractivity contribution in [2.45, 2.75) is 11.8 Å². The van der Waals surface area contributed by atoms with Crippen LogP contribution in [0.5, 0.6) is 0 Å². The molecule has 0 spiro atoms. The number of anilines is 1. The summed E-state index contributed by atoms with van der Waals surface area (Å²) >= 11 is 12.0. The van der Waals surface area contributed by atoms with Gasteiger partial charge >= 0.3 is 5.97 Å². The third kappa shape index (κ3) is 2.31. The topological polar surface area (TPSA) is 46.6 Å². The van der Waals surface area contributed by atoms with Gasteiger partial charge in [0.25, 0.3) is 0 Å². The molecule has 4 nitrogen and oxygen atoms in total. The van der Waals surface area contributed by atoms with Gasteiger partial charge in [-0.1, -0.05) is 17.7 Å². The standard InChI is InChI=1S/C12H11Cl2NO3/c1-18-12(17)8-3-2-4-9(14)11(8)15-6-7(13)5-10(15)16/h2-4,7H,5-6H2,1H3. The normalized spacial score (nSPS) is 19.2. The Morgan fingerprint density at radius 2 is 2.22 bits per heavy atom. The van der Waals surface area contributed by atoms with E-state index in [-0.39, 0.29) is 23.3 Å². The zero-order valence-corrected chi connectivity index (χ0v) is 11.2. The number of nitrogens with zero attached hydrogens (tertiary/aromatic N) is 1. The summed E-state index contributed by atoms with van der Waals surface area (Å²) < 4.78 is 4.69. The smallest absolute Gasteiger partial charge is 0.340 e. The van der Waals surface area contributed by atoms with E-state index in [1.54, 1.807) is 18.2 Å². The third-order valence-electron chi connectivity index (χ3n) is 2.74. The number of carbonyl (C=O) groups excluding carboxylic acids is 2. The summed E-state index contributed by atoms with van der Waals surface area (Å²) in [6, 6.07) is 4.83. The number of ether oxygens (including phenoxy) is 1. The fraction of sp³-hybridized carbons (Fsp3) is 0.333. The van der Waals surface area contributed by atoms with E-state index in [4.69, 9.17) is 23.2 Å². The maximum atomic E-state index is 11.8. The number of benzene rings is 1. The van der Waals surface area contributed by atoms with E-state index in [2.05, 4.69) is 4.74 Å². The van der Waals surface area contributed by atoms with Gasteiger partial charge in [0.2, 0.25) is 5.91 Å². The van der Waals surface area contributed by atoms with Crippen LogP contribution in [0.4, 0.5) is 5.69 Å². The van der Waals surface area contributed by atoms with E-state index in [9.17, 15) is 9.59 Å². The summed E-state index contributed by atoms with van der Waals surface area (Å²) in [5.74, 6) is -0.674. The summed E-state index contributed by atoms with van der Waals surface area (Å²) in [5.41, 5.74) is 0.642. The first kappa shape index (κ1) is 13.2. The molecule has 96 valence electrons. The molecule has 1 atom stereocenters. The van der Waals surface area contributed by atoms with Crippen molar-refractivity contribution in [2.75, 3.05) is 18.6 Å². The van der Waals surface area contributed by atoms with Crippen LogP contribution >= 0.6 is 23.2 Å². The van der Waals surface area contributed by atoms with Crippen LogP contribution < -0.4 is 4.90 Å². The lowest BCUT2D eigenvalue weighted by molar-refractivity contribution is -0.117. The molecule has 0 N–H and O–H groups in total. The number of alkyl halides is 1. The second-order valence-electron chi connectivity index (χ2n) is 3.93. The first-order chi connectivity index (χ1) is 8.54. The number of rotatable bonds is 2. The molecule has 0 bridgehead atoms. The fourth-order valence-electron chi connectivity index (χ4n) is 1.94. The maximum absolute atomic E-state index is 11.8. The molecule has 0 radical (unpaired) electrons. The highest BCUT2D eigenvalue weighted by Gasteiger charge is 2.33. The molecule has 0 aliphatic carbocycles. The molecular formula is C12H11Cl2NO3. The monoisotopic (exact) mass is 287 g/mol. The highest BCUT2D eigenvalue weighted by molar-refractivity contribution is 6.35. The van der Waals surface area contributed by atoms with E-state index in [1.807, 2.05) is 0 Å². The Morgan fingerprint density at radius 1 is 1.50 bits per heavy atom. The van der Waals surface area contributed by atoms with E-state index in [1.165, 1.54) is 12.0 Å². The van der Waals surface area contributed by atoms with Crippen molar-refractivity contribution >= 4 is 40.8 Å². The number of para-hydroxylation sites is 1. The highest BCUT2D eigenvalue weighted by atomic mass is 35.5. The second-order valence-corrected chi connectivity index (χ2v) is 4.96. The Balaban J connectivity index is 2.49. The number of carbonyl (C=O) groups is 2. The van der Waals surface area contributed by atoms with Crippen LogP contribution in [0.1, 0.15) is 16.8 Å². The van der Waals surface area contributed by atoms with Gasteiger partial charge in [-0.2, -0.15) is 0 Å². The number of amides is 1. The maximum Gasteiger partial charge on any atom is 0.340 e. The van der Waals surface area contributed by atoms with Crippen molar-refractivity contribution in [1.29, 1.82) is 0 Å². The van der Waals surface area contributed by atoms with Gasteiger partial charge in [0.15, 0.2) is 0 Å². The first-order valence-corrected chi connectivity index (χ1v) is 6.17. The van der Waals surface area contributed by atoms with Crippen LogP contribution in [-0.4, -0.2) is 30.9 Å². The minimum Gasteiger partial charge on any atom is -0.465 e. The van der Waals surface area contributed by atoms with E-state index < -0.39 is 5.97 Å². The molecule has 1 aliphatic rings.